The molecule has 4 heteroatoms. The fourth-order valence-electron chi connectivity index (χ4n) is 1.30. The van der Waals surface area contributed by atoms with E-state index in [1.165, 1.54) is 5.56 Å². The Morgan fingerprint density at radius 2 is 2.00 bits per heavy atom. The van der Waals surface area contributed by atoms with Crippen molar-refractivity contribution in [3.8, 4) is 0 Å². The standard InChI is InChI=1S/C12H19NOS2/c1-10(15-2)8-13-9-11-4-6-12(7-5-11)16(3)14/h4-7,10,13H,8-9H2,1-3H3. The number of hydrogen-bond donors (Lipinski definition) is 1. The minimum Gasteiger partial charge on any atom is -0.312 e. The number of rotatable bonds is 6. The Morgan fingerprint density at radius 1 is 1.38 bits per heavy atom. The lowest BCUT2D eigenvalue weighted by Crippen LogP contribution is -2.21. The van der Waals surface area contributed by atoms with Crippen LogP contribution in [0.25, 0.3) is 0 Å². The third kappa shape index (κ3) is 4.68. The lowest BCUT2D eigenvalue weighted by molar-refractivity contribution is 0.682. The van der Waals surface area contributed by atoms with Gasteiger partial charge in [-0.1, -0.05) is 19.1 Å². The molecule has 1 rings (SSSR count). The van der Waals surface area contributed by atoms with Crippen LogP contribution in [0.3, 0.4) is 0 Å². The van der Waals surface area contributed by atoms with Gasteiger partial charge in [-0.2, -0.15) is 11.8 Å². The maximum atomic E-state index is 11.2. The Kier molecular flexibility index (Phi) is 6.09. The highest BCUT2D eigenvalue weighted by molar-refractivity contribution is 7.99. The topological polar surface area (TPSA) is 29.1 Å². The van der Waals surface area contributed by atoms with E-state index in [1.807, 2.05) is 36.0 Å². The second-order valence-electron chi connectivity index (χ2n) is 3.78. The average molecular weight is 257 g/mol. The van der Waals surface area contributed by atoms with Crippen molar-refractivity contribution in [1.29, 1.82) is 0 Å². The summed E-state index contributed by atoms with van der Waals surface area (Å²) in [5.74, 6) is 0. The van der Waals surface area contributed by atoms with E-state index in [1.54, 1.807) is 6.26 Å². The second-order valence-corrected chi connectivity index (χ2v) is 6.43. The highest BCUT2D eigenvalue weighted by atomic mass is 32.2. The van der Waals surface area contributed by atoms with Gasteiger partial charge in [0.2, 0.25) is 0 Å². The van der Waals surface area contributed by atoms with Gasteiger partial charge in [0.05, 0.1) is 0 Å². The molecule has 2 nitrogen and oxygen atoms in total. The molecule has 1 aromatic carbocycles. The van der Waals surface area contributed by atoms with Gasteiger partial charge in [0.25, 0.3) is 0 Å². The van der Waals surface area contributed by atoms with Crippen molar-refractivity contribution in [2.24, 2.45) is 0 Å². The predicted octanol–water partition coefficient (Wildman–Crippen LogP) is 2.27. The van der Waals surface area contributed by atoms with Crippen LogP contribution < -0.4 is 5.32 Å². The first-order chi connectivity index (χ1) is 7.63. The van der Waals surface area contributed by atoms with Gasteiger partial charge in [0, 0.05) is 40.3 Å². The quantitative estimate of drug-likeness (QED) is 0.847. The molecule has 0 aliphatic rings. The zero-order chi connectivity index (χ0) is 12.0. The van der Waals surface area contributed by atoms with E-state index in [-0.39, 0.29) is 0 Å². The van der Waals surface area contributed by atoms with Crippen molar-refractivity contribution in [2.45, 2.75) is 23.6 Å². The molecule has 0 heterocycles. The van der Waals surface area contributed by atoms with Gasteiger partial charge < -0.3 is 5.32 Å². The van der Waals surface area contributed by atoms with Crippen molar-refractivity contribution >= 4 is 22.6 Å². The van der Waals surface area contributed by atoms with Crippen LogP contribution in [0.4, 0.5) is 0 Å². The Balaban J connectivity index is 2.40. The monoisotopic (exact) mass is 257 g/mol. The van der Waals surface area contributed by atoms with E-state index in [4.69, 9.17) is 0 Å². The summed E-state index contributed by atoms with van der Waals surface area (Å²) in [5.41, 5.74) is 1.24. The van der Waals surface area contributed by atoms with Gasteiger partial charge in [-0.3, -0.25) is 4.21 Å². The summed E-state index contributed by atoms with van der Waals surface area (Å²) in [6.45, 7) is 4.10. The van der Waals surface area contributed by atoms with Crippen molar-refractivity contribution in [3.63, 3.8) is 0 Å². The van der Waals surface area contributed by atoms with E-state index in [9.17, 15) is 4.21 Å². The molecule has 0 saturated carbocycles. The summed E-state index contributed by atoms with van der Waals surface area (Å²) < 4.78 is 11.2. The van der Waals surface area contributed by atoms with Crippen molar-refractivity contribution in [2.75, 3.05) is 19.1 Å². The Hall–Kier alpha value is -0.320. The summed E-state index contributed by atoms with van der Waals surface area (Å²) in [6, 6.07) is 7.94. The zero-order valence-corrected chi connectivity index (χ0v) is 11.7. The molecule has 0 fully saturated rings. The molecule has 0 spiro atoms. The molecular weight excluding hydrogens is 238 g/mol. The summed E-state index contributed by atoms with van der Waals surface area (Å²) in [7, 11) is -0.875. The van der Waals surface area contributed by atoms with Gasteiger partial charge >= 0.3 is 0 Å². The molecule has 0 aliphatic heterocycles. The van der Waals surface area contributed by atoms with Gasteiger partial charge in [0.15, 0.2) is 0 Å². The zero-order valence-electron chi connectivity index (χ0n) is 10.0. The van der Waals surface area contributed by atoms with Crippen LogP contribution >= 0.6 is 11.8 Å². The van der Waals surface area contributed by atoms with Crippen LogP contribution in [0, 0.1) is 0 Å². The first-order valence-corrected chi connectivity index (χ1v) is 8.14. The fraction of sp³-hybridized carbons (Fsp3) is 0.500. The maximum absolute atomic E-state index is 11.2. The molecular formula is C12H19NOS2. The molecule has 0 radical (unpaired) electrons. The second kappa shape index (κ2) is 7.09. The molecule has 0 bridgehead atoms. The third-order valence-electron chi connectivity index (χ3n) is 2.42. The molecule has 2 atom stereocenters. The van der Waals surface area contributed by atoms with Crippen LogP contribution in [0.1, 0.15) is 12.5 Å². The maximum Gasteiger partial charge on any atom is 0.0498 e. The molecule has 1 aromatic rings. The minimum absolute atomic E-state index is 0.641. The van der Waals surface area contributed by atoms with E-state index < -0.39 is 10.8 Å². The molecule has 0 saturated heterocycles. The van der Waals surface area contributed by atoms with Crippen LogP contribution in [0.5, 0.6) is 0 Å². The van der Waals surface area contributed by atoms with Crippen molar-refractivity contribution in [1.82, 2.24) is 5.32 Å². The van der Waals surface area contributed by atoms with Crippen LogP contribution in [0.15, 0.2) is 29.2 Å². The largest absolute Gasteiger partial charge is 0.312 e. The molecule has 0 aromatic heterocycles. The van der Waals surface area contributed by atoms with Gasteiger partial charge in [-0.25, -0.2) is 0 Å². The SMILES string of the molecule is CSC(C)CNCc1ccc(S(C)=O)cc1. The first kappa shape index (κ1) is 13.7. The molecule has 90 valence electrons. The Bertz CT molecular complexity index is 337. The van der Waals surface area contributed by atoms with Gasteiger partial charge in [0.1, 0.15) is 0 Å². The number of nitrogens with one attached hydrogen (secondary N) is 1. The highest BCUT2D eigenvalue weighted by Crippen LogP contribution is 2.08. The van der Waals surface area contributed by atoms with Gasteiger partial charge in [-0.15, -0.1) is 0 Å². The van der Waals surface area contributed by atoms with E-state index in [2.05, 4.69) is 18.5 Å². The van der Waals surface area contributed by atoms with E-state index in [0.717, 1.165) is 18.0 Å². The average Bonchev–Trinajstić information content (AvgIpc) is 2.29. The van der Waals surface area contributed by atoms with Crippen LogP contribution in [-0.2, 0) is 17.3 Å². The first-order valence-electron chi connectivity index (χ1n) is 5.29. The van der Waals surface area contributed by atoms with Crippen LogP contribution in [0.2, 0.25) is 0 Å². The van der Waals surface area contributed by atoms with E-state index >= 15 is 0 Å². The van der Waals surface area contributed by atoms with Crippen molar-refractivity contribution < 1.29 is 4.21 Å². The summed E-state index contributed by atoms with van der Waals surface area (Å²) >= 11 is 1.86. The number of thioether (sulfide) groups is 1. The van der Waals surface area contributed by atoms with E-state index in [0.29, 0.717) is 5.25 Å². The number of hydrogen-bond acceptors (Lipinski definition) is 3. The Morgan fingerprint density at radius 3 is 2.50 bits per heavy atom. The number of benzene rings is 1. The molecule has 16 heavy (non-hydrogen) atoms. The smallest absolute Gasteiger partial charge is 0.0498 e. The summed E-state index contributed by atoms with van der Waals surface area (Å²) in [5, 5.41) is 4.05. The van der Waals surface area contributed by atoms with Crippen molar-refractivity contribution in [3.05, 3.63) is 29.8 Å². The molecule has 0 amide bonds. The van der Waals surface area contributed by atoms with Gasteiger partial charge in [-0.05, 0) is 24.0 Å². The highest BCUT2D eigenvalue weighted by Gasteiger charge is 2.00. The molecule has 1 N–H and O–H groups in total. The molecule has 0 aliphatic carbocycles. The Labute approximate surface area is 105 Å². The summed E-state index contributed by atoms with van der Waals surface area (Å²) in [4.78, 5) is 0.890. The lowest BCUT2D eigenvalue weighted by atomic mass is 10.2. The lowest BCUT2D eigenvalue weighted by Gasteiger charge is -2.09. The normalized spacial score (nSPS) is 14.7. The third-order valence-corrected chi connectivity index (χ3v) is 4.33. The summed E-state index contributed by atoms with van der Waals surface area (Å²) in [6.07, 6.45) is 3.82. The fourth-order valence-corrected chi connectivity index (χ4v) is 2.11. The van der Waals surface area contributed by atoms with Crippen LogP contribution in [-0.4, -0.2) is 28.5 Å². The minimum atomic E-state index is -0.875. The molecule has 2 unspecified atom stereocenters. The predicted molar refractivity (Wildman–Crippen MR) is 73.5 cm³/mol.